The zero-order chi connectivity index (χ0) is 11.7. The maximum atomic E-state index is 11.7. The number of amides is 2. The van der Waals surface area contributed by atoms with Gasteiger partial charge < -0.3 is 5.32 Å². The number of hydrogen-bond donors (Lipinski definition) is 1. The molecule has 1 aromatic carbocycles. The fourth-order valence-corrected chi connectivity index (χ4v) is 1.90. The van der Waals surface area contributed by atoms with Gasteiger partial charge in [-0.15, -0.1) is 0 Å². The van der Waals surface area contributed by atoms with Crippen LogP contribution in [0, 0.1) is 6.92 Å². The highest BCUT2D eigenvalue weighted by molar-refractivity contribution is 7.80. The lowest BCUT2D eigenvalue weighted by Crippen LogP contribution is -2.52. The number of nitrogens with zero attached hydrogens (tertiary/aromatic N) is 1. The molecule has 1 heterocycles. The second-order valence-corrected chi connectivity index (χ2v) is 3.98. The molecule has 0 atom stereocenters. The Kier molecular flexibility index (Phi) is 2.70. The van der Waals surface area contributed by atoms with Crippen molar-refractivity contribution < 1.29 is 9.59 Å². The summed E-state index contributed by atoms with van der Waals surface area (Å²) in [5.74, 6) is -0.641. The van der Waals surface area contributed by atoms with E-state index >= 15 is 0 Å². The number of rotatable bonds is 1. The third kappa shape index (κ3) is 1.94. The number of nitrogens with one attached hydrogen (secondary N) is 1. The molecule has 2 rings (SSSR count). The molecule has 0 aromatic heterocycles. The van der Waals surface area contributed by atoms with Gasteiger partial charge in [-0.3, -0.25) is 14.5 Å². The number of benzene rings is 1. The van der Waals surface area contributed by atoms with Gasteiger partial charge in [0.25, 0.3) is 0 Å². The van der Waals surface area contributed by atoms with Gasteiger partial charge in [0.2, 0.25) is 11.8 Å². The molecule has 16 heavy (non-hydrogen) atoms. The second kappa shape index (κ2) is 4.02. The van der Waals surface area contributed by atoms with E-state index in [1.165, 1.54) is 4.90 Å². The molecule has 1 aliphatic rings. The van der Waals surface area contributed by atoms with Crippen LogP contribution in [0.15, 0.2) is 24.3 Å². The summed E-state index contributed by atoms with van der Waals surface area (Å²) in [7, 11) is 0. The first-order valence-corrected chi connectivity index (χ1v) is 5.22. The van der Waals surface area contributed by atoms with Crippen LogP contribution in [-0.2, 0) is 9.59 Å². The van der Waals surface area contributed by atoms with Crippen LogP contribution >= 0.6 is 12.2 Å². The van der Waals surface area contributed by atoms with Gasteiger partial charge in [-0.25, -0.2) is 0 Å². The summed E-state index contributed by atoms with van der Waals surface area (Å²) < 4.78 is 0. The number of anilines is 1. The van der Waals surface area contributed by atoms with Gasteiger partial charge in [-0.05, 0) is 36.8 Å². The van der Waals surface area contributed by atoms with Crippen molar-refractivity contribution in [2.45, 2.75) is 13.3 Å². The van der Waals surface area contributed by atoms with Crippen LogP contribution in [-0.4, -0.2) is 16.9 Å². The molecule has 0 spiro atoms. The molecule has 0 unspecified atom stereocenters. The van der Waals surface area contributed by atoms with Crippen LogP contribution < -0.4 is 10.2 Å². The van der Waals surface area contributed by atoms with Gasteiger partial charge in [-0.2, -0.15) is 0 Å². The Morgan fingerprint density at radius 3 is 2.75 bits per heavy atom. The summed E-state index contributed by atoms with van der Waals surface area (Å²) in [6.45, 7) is 1.93. The normalized spacial score (nSPS) is 16.3. The van der Waals surface area contributed by atoms with E-state index in [1.54, 1.807) is 6.07 Å². The number of hydrogen-bond acceptors (Lipinski definition) is 3. The van der Waals surface area contributed by atoms with E-state index in [1.807, 2.05) is 25.1 Å². The molecule has 82 valence electrons. The van der Waals surface area contributed by atoms with E-state index < -0.39 is 0 Å². The summed E-state index contributed by atoms with van der Waals surface area (Å²) in [6, 6.07) is 7.41. The van der Waals surface area contributed by atoms with E-state index in [9.17, 15) is 9.59 Å². The summed E-state index contributed by atoms with van der Waals surface area (Å²) in [6.07, 6.45) is -0.159. The Hall–Kier alpha value is -1.75. The molecule has 1 aliphatic heterocycles. The maximum Gasteiger partial charge on any atom is 0.242 e. The molecule has 1 saturated heterocycles. The zero-order valence-electron chi connectivity index (χ0n) is 8.69. The lowest BCUT2D eigenvalue weighted by atomic mass is 10.2. The van der Waals surface area contributed by atoms with E-state index in [2.05, 4.69) is 5.32 Å². The molecule has 1 aromatic rings. The Bertz CT molecular complexity index is 465. The van der Waals surface area contributed by atoms with E-state index in [0.717, 1.165) is 5.56 Å². The molecule has 0 saturated carbocycles. The van der Waals surface area contributed by atoms with Crippen molar-refractivity contribution in [3.8, 4) is 0 Å². The summed E-state index contributed by atoms with van der Waals surface area (Å²) in [5, 5.41) is 2.62. The Morgan fingerprint density at radius 1 is 1.38 bits per heavy atom. The van der Waals surface area contributed by atoms with Gasteiger partial charge in [0, 0.05) is 0 Å². The van der Waals surface area contributed by atoms with Crippen LogP contribution in [0.4, 0.5) is 5.69 Å². The van der Waals surface area contributed by atoms with Crippen molar-refractivity contribution in [2.75, 3.05) is 4.90 Å². The maximum absolute atomic E-state index is 11.7. The Labute approximate surface area is 98.2 Å². The van der Waals surface area contributed by atoms with Crippen LogP contribution in [0.2, 0.25) is 0 Å². The van der Waals surface area contributed by atoms with Gasteiger partial charge in [0.15, 0.2) is 5.11 Å². The first-order chi connectivity index (χ1) is 7.58. The number of aryl methyl sites for hydroxylation is 1. The first-order valence-electron chi connectivity index (χ1n) is 4.81. The minimum Gasteiger partial charge on any atom is -0.302 e. The van der Waals surface area contributed by atoms with Crippen molar-refractivity contribution in [1.29, 1.82) is 0 Å². The predicted octanol–water partition coefficient (Wildman–Crippen LogP) is 1.13. The van der Waals surface area contributed by atoms with Gasteiger partial charge >= 0.3 is 0 Å². The first kappa shape index (κ1) is 10.8. The lowest BCUT2D eigenvalue weighted by molar-refractivity contribution is -0.127. The second-order valence-electron chi connectivity index (χ2n) is 3.60. The van der Waals surface area contributed by atoms with Crippen molar-refractivity contribution in [1.82, 2.24) is 5.32 Å². The Balaban J connectivity index is 2.36. The lowest BCUT2D eigenvalue weighted by Gasteiger charge is -2.27. The van der Waals surface area contributed by atoms with E-state index in [4.69, 9.17) is 12.2 Å². The molecular weight excluding hydrogens is 224 g/mol. The molecule has 5 heteroatoms. The van der Waals surface area contributed by atoms with Crippen LogP contribution in [0.25, 0.3) is 0 Å². The highest BCUT2D eigenvalue weighted by Crippen LogP contribution is 2.19. The molecule has 0 aliphatic carbocycles. The van der Waals surface area contributed by atoms with E-state index in [-0.39, 0.29) is 23.3 Å². The number of carbonyl (C=O) groups is 2. The van der Waals surface area contributed by atoms with Crippen molar-refractivity contribution >= 4 is 34.8 Å². The van der Waals surface area contributed by atoms with Crippen LogP contribution in [0.1, 0.15) is 12.0 Å². The third-order valence-electron chi connectivity index (χ3n) is 2.27. The summed E-state index contributed by atoms with van der Waals surface area (Å²) >= 11 is 4.98. The highest BCUT2D eigenvalue weighted by atomic mass is 32.1. The van der Waals surface area contributed by atoms with Gasteiger partial charge in [0.05, 0.1) is 5.69 Å². The third-order valence-corrected chi connectivity index (χ3v) is 2.56. The van der Waals surface area contributed by atoms with Crippen molar-refractivity contribution in [3.63, 3.8) is 0 Å². The van der Waals surface area contributed by atoms with Crippen molar-refractivity contribution in [2.24, 2.45) is 0 Å². The number of thiocarbonyl (C=S) groups is 1. The zero-order valence-corrected chi connectivity index (χ0v) is 9.50. The minimum atomic E-state index is -0.348. The SMILES string of the molecule is Cc1cccc(N2C(=O)CC(=O)NC2=S)c1. The van der Waals surface area contributed by atoms with Crippen LogP contribution in [0.3, 0.4) is 0 Å². The monoisotopic (exact) mass is 234 g/mol. The topological polar surface area (TPSA) is 49.4 Å². The molecule has 1 fully saturated rings. The molecule has 1 N–H and O–H groups in total. The standard InChI is InChI=1S/C11H10N2O2S/c1-7-3-2-4-8(5-7)13-10(15)6-9(14)12-11(13)16/h2-5H,6H2,1H3,(H,12,14,16). The average molecular weight is 234 g/mol. The summed E-state index contributed by atoms with van der Waals surface area (Å²) in [5.41, 5.74) is 1.72. The fraction of sp³-hybridized carbons (Fsp3) is 0.182. The number of carbonyl (C=O) groups excluding carboxylic acids is 2. The summed E-state index contributed by atoms with van der Waals surface area (Å²) in [4.78, 5) is 24.1. The molecule has 0 bridgehead atoms. The van der Waals surface area contributed by atoms with Gasteiger partial charge in [-0.1, -0.05) is 12.1 Å². The van der Waals surface area contributed by atoms with E-state index in [0.29, 0.717) is 5.69 Å². The Morgan fingerprint density at radius 2 is 2.12 bits per heavy atom. The molecule has 4 nitrogen and oxygen atoms in total. The quantitative estimate of drug-likeness (QED) is 0.585. The minimum absolute atomic E-state index is 0.145. The average Bonchev–Trinajstić information content (AvgIpc) is 2.15. The molecular formula is C11H10N2O2S. The smallest absolute Gasteiger partial charge is 0.242 e. The van der Waals surface area contributed by atoms with Crippen LogP contribution in [0.5, 0.6) is 0 Å². The fourth-order valence-electron chi connectivity index (χ4n) is 1.58. The highest BCUT2D eigenvalue weighted by Gasteiger charge is 2.29. The predicted molar refractivity (Wildman–Crippen MR) is 64.0 cm³/mol. The van der Waals surface area contributed by atoms with Crippen molar-refractivity contribution in [3.05, 3.63) is 29.8 Å². The van der Waals surface area contributed by atoms with Gasteiger partial charge in [0.1, 0.15) is 6.42 Å². The molecule has 0 radical (unpaired) electrons. The molecule has 2 amide bonds. The largest absolute Gasteiger partial charge is 0.302 e.